The Kier molecular flexibility index (Phi) is 4.88. The zero-order chi connectivity index (χ0) is 23.9. The highest BCUT2D eigenvalue weighted by Crippen LogP contribution is 2.34. The van der Waals surface area contributed by atoms with Crippen LogP contribution < -0.4 is 5.32 Å². The van der Waals surface area contributed by atoms with E-state index in [0.29, 0.717) is 5.69 Å². The van der Waals surface area contributed by atoms with E-state index in [1.165, 1.54) is 0 Å². The van der Waals surface area contributed by atoms with Gasteiger partial charge < -0.3 is 14.7 Å². The average Bonchev–Trinajstić information content (AvgIpc) is 3.62. The SMILES string of the molecule is CC(C)C(=O)Nc1cncc(-c2cc3c(-c4cc5c(-c6ccoc6)nccc5[nH]4)n[nH]c3cn2)c1. The lowest BCUT2D eigenvalue weighted by molar-refractivity contribution is -0.118. The molecule has 0 aromatic carbocycles. The second kappa shape index (κ2) is 8.21. The normalized spacial score (nSPS) is 11.5. The molecule has 6 rings (SSSR count). The summed E-state index contributed by atoms with van der Waals surface area (Å²) < 4.78 is 5.25. The zero-order valence-corrected chi connectivity index (χ0v) is 19.0. The number of rotatable bonds is 5. The van der Waals surface area contributed by atoms with Gasteiger partial charge in [-0.3, -0.25) is 24.8 Å². The molecule has 9 heteroatoms. The molecule has 6 aromatic heterocycles. The maximum atomic E-state index is 12.1. The molecule has 0 saturated carbocycles. The van der Waals surface area contributed by atoms with Crippen molar-refractivity contribution in [2.75, 3.05) is 5.32 Å². The smallest absolute Gasteiger partial charge is 0.226 e. The van der Waals surface area contributed by atoms with Crippen LogP contribution in [0.4, 0.5) is 5.69 Å². The minimum absolute atomic E-state index is 0.0624. The molecule has 0 aliphatic heterocycles. The van der Waals surface area contributed by atoms with Crippen LogP contribution in [0.15, 0.2) is 72.1 Å². The number of fused-ring (bicyclic) bond motifs is 2. The van der Waals surface area contributed by atoms with Crippen molar-refractivity contribution < 1.29 is 9.21 Å². The van der Waals surface area contributed by atoms with Crippen molar-refractivity contribution in [2.45, 2.75) is 13.8 Å². The highest BCUT2D eigenvalue weighted by Gasteiger charge is 2.16. The van der Waals surface area contributed by atoms with Crippen molar-refractivity contribution in [3.63, 3.8) is 0 Å². The Bertz CT molecular complexity index is 1680. The van der Waals surface area contributed by atoms with Gasteiger partial charge in [0.15, 0.2) is 0 Å². The summed E-state index contributed by atoms with van der Waals surface area (Å²) in [6, 6.07) is 9.71. The summed E-state index contributed by atoms with van der Waals surface area (Å²) in [5.41, 5.74) is 7.30. The van der Waals surface area contributed by atoms with Gasteiger partial charge in [-0.25, -0.2) is 0 Å². The number of hydrogen-bond acceptors (Lipinski definition) is 6. The third-order valence-electron chi connectivity index (χ3n) is 5.87. The molecule has 0 aliphatic carbocycles. The maximum absolute atomic E-state index is 12.1. The van der Waals surface area contributed by atoms with Crippen LogP contribution in [0.5, 0.6) is 0 Å². The molecule has 0 fully saturated rings. The monoisotopic (exact) mass is 463 g/mol. The molecule has 3 N–H and O–H groups in total. The summed E-state index contributed by atoms with van der Waals surface area (Å²) in [7, 11) is 0. The first-order chi connectivity index (χ1) is 17.1. The number of aromatic amines is 2. The summed E-state index contributed by atoms with van der Waals surface area (Å²) in [6.45, 7) is 3.70. The van der Waals surface area contributed by atoms with E-state index >= 15 is 0 Å². The van der Waals surface area contributed by atoms with E-state index in [0.717, 1.165) is 55.7 Å². The first kappa shape index (κ1) is 20.8. The predicted molar refractivity (Wildman–Crippen MR) is 133 cm³/mol. The predicted octanol–water partition coefficient (Wildman–Crippen LogP) is 5.42. The number of aromatic nitrogens is 6. The minimum atomic E-state index is -0.123. The minimum Gasteiger partial charge on any atom is -0.472 e. The molecule has 9 nitrogen and oxygen atoms in total. The number of H-pyrrole nitrogens is 2. The number of pyridine rings is 3. The molecular weight excluding hydrogens is 442 g/mol. The van der Waals surface area contributed by atoms with Crippen LogP contribution in [-0.2, 0) is 4.79 Å². The molecule has 0 unspecified atom stereocenters. The first-order valence-electron chi connectivity index (χ1n) is 11.2. The maximum Gasteiger partial charge on any atom is 0.226 e. The highest BCUT2D eigenvalue weighted by molar-refractivity contribution is 6.00. The largest absolute Gasteiger partial charge is 0.472 e. The Morgan fingerprint density at radius 1 is 0.971 bits per heavy atom. The molecule has 0 saturated heterocycles. The lowest BCUT2D eigenvalue weighted by atomic mass is 10.1. The number of carbonyl (C=O) groups excluding carboxylic acids is 1. The first-order valence-corrected chi connectivity index (χ1v) is 11.2. The van der Waals surface area contributed by atoms with E-state index in [1.54, 1.807) is 37.3 Å². The van der Waals surface area contributed by atoms with Crippen LogP contribution in [0.1, 0.15) is 13.8 Å². The van der Waals surface area contributed by atoms with E-state index in [2.05, 4.69) is 35.5 Å². The van der Waals surface area contributed by atoms with Crippen molar-refractivity contribution in [1.29, 1.82) is 0 Å². The van der Waals surface area contributed by atoms with Crippen molar-refractivity contribution >= 4 is 33.4 Å². The molecule has 6 aromatic rings. The molecule has 0 atom stereocenters. The summed E-state index contributed by atoms with van der Waals surface area (Å²) in [5, 5.41) is 12.4. The molecule has 0 radical (unpaired) electrons. The van der Waals surface area contributed by atoms with Crippen molar-refractivity contribution in [1.82, 2.24) is 30.1 Å². The number of furan rings is 1. The lowest BCUT2D eigenvalue weighted by Gasteiger charge is -2.08. The fourth-order valence-corrected chi connectivity index (χ4v) is 4.03. The number of carbonyl (C=O) groups is 1. The zero-order valence-electron chi connectivity index (χ0n) is 19.0. The number of nitrogens with one attached hydrogen (secondary N) is 3. The van der Waals surface area contributed by atoms with Crippen LogP contribution in [0.25, 0.3) is 55.7 Å². The van der Waals surface area contributed by atoms with Crippen molar-refractivity contribution in [3.8, 4) is 33.9 Å². The van der Waals surface area contributed by atoms with Crippen LogP contribution >= 0.6 is 0 Å². The number of amides is 1. The molecule has 0 bridgehead atoms. The Morgan fingerprint density at radius 3 is 2.69 bits per heavy atom. The molecular formula is C26H21N7O2. The molecule has 1 amide bonds. The van der Waals surface area contributed by atoms with Crippen molar-refractivity contribution in [3.05, 3.63) is 67.6 Å². The number of anilines is 1. The van der Waals surface area contributed by atoms with E-state index in [1.807, 2.05) is 44.2 Å². The second-order valence-electron chi connectivity index (χ2n) is 8.61. The van der Waals surface area contributed by atoms with E-state index in [4.69, 9.17) is 4.42 Å². The second-order valence-corrected chi connectivity index (χ2v) is 8.61. The fourth-order valence-electron chi connectivity index (χ4n) is 4.03. The van der Waals surface area contributed by atoms with Gasteiger partial charge >= 0.3 is 0 Å². The van der Waals surface area contributed by atoms with Crippen LogP contribution in [0.2, 0.25) is 0 Å². The molecule has 0 spiro atoms. The fraction of sp³-hybridized carbons (Fsp3) is 0.115. The Hall–Kier alpha value is -4.79. The Morgan fingerprint density at radius 2 is 1.86 bits per heavy atom. The van der Waals surface area contributed by atoms with Crippen molar-refractivity contribution in [2.24, 2.45) is 5.92 Å². The van der Waals surface area contributed by atoms with E-state index in [-0.39, 0.29) is 11.8 Å². The van der Waals surface area contributed by atoms with Gasteiger partial charge in [0.1, 0.15) is 5.69 Å². The molecule has 0 aliphatic rings. The highest BCUT2D eigenvalue weighted by atomic mass is 16.3. The lowest BCUT2D eigenvalue weighted by Crippen LogP contribution is -2.17. The topological polar surface area (TPSA) is 125 Å². The average molecular weight is 464 g/mol. The van der Waals surface area contributed by atoms with Gasteiger partial charge in [0.25, 0.3) is 0 Å². The van der Waals surface area contributed by atoms with Gasteiger partial charge in [-0.05, 0) is 30.3 Å². The quantitative estimate of drug-likeness (QED) is 0.314. The van der Waals surface area contributed by atoms with Crippen LogP contribution in [0.3, 0.4) is 0 Å². The number of nitrogens with zero attached hydrogens (tertiary/aromatic N) is 4. The molecule has 172 valence electrons. The van der Waals surface area contributed by atoms with E-state index in [9.17, 15) is 4.79 Å². The third kappa shape index (κ3) is 3.72. The van der Waals surface area contributed by atoms with Gasteiger partial charge in [-0.15, -0.1) is 0 Å². The van der Waals surface area contributed by atoms with Gasteiger partial charge in [0.2, 0.25) is 5.91 Å². The van der Waals surface area contributed by atoms with Crippen LogP contribution in [-0.4, -0.2) is 36.0 Å². The van der Waals surface area contributed by atoms with Gasteiger partial charge in [0, 0.05) is 45.7 Å². The number of hydrogen-bond donors (Lipinski definition) is 3. The standard InChI is InChI=1S/C26H21N7O2/c1-14(2)26(34)30-17-7-16(10-27-11-17)21-8-19-23(12-29-21)32-33-25(19)22-9-18-20(31-22)3-5-28-24(18)15-4-6-35-13-15/h3-14,31H,1-2H3,(H,30,34)(H,32,33). The Balaban J connectivity index is 1.41. The Labute approximate surface area is 199 Å². The van der Waals surface area contributed by atoms with Crippen LogP contribution in [0, 0.1) is 5.92 Å². The summed E-state index contributed by atoms with van der Waals surface area (Å²) in [5.74, 6) is -0.185. The summed E-state index contributed by atoms with van der Waals surface area (Å²) in [4.78, 5) is 29.0. The van der Waals surface area contributed by atoms with Gasteiger partial charge in [-0.1, -0.05) is 13.8 Å². The summed E-state index contributed by atoms with van der Waals surface area (Å²) >= 11 is 0. The molecule has 6 heterocycles. The van der Waals surface area contributed by atoms with Gasteiger partial charge in [-0.2, -0.15) is 5.10 Å². The van der Waals surface area contributed by atoms with E-state index < -0.39 is 0 Å². The van der Waals surface area contributed by atoms with Gasteiger partial charge in [0.05, 0.1) is 53.2 Å². The summed E-state index contributed by atoms with van der Waals surface area (Å²) in [6.07, 6.45) is 10.2. The molecule has 35 heavy (non-hydrogen) atoms. The third-order valence-corrected chi connectivity index (χ3v) is 5.87.